The van der Waals surface area contributed by atoms with Crippen molar-refractivity contribution < 1.29 is 13.9 Å². The topological polar surface area (TPSA) is 52.3 Å². The van der Waals surface area contributed by atoms with E-state index in [1.165, 1.54) is 11.8 Å². The molecule has 6 heteroatoms. The first-order chi connectivity index (χ1) is 9.15. The molecule has 0 aliphatic carbocycles. The first kappa shape index (κ1) is 14.0. The molecule has 0 unspecified atom stereocenters. The average molecular weight is 298 g/mol. The van der Waals surface area contributed by atoms with Crippen molar-refractivity contribution in [3.8, 4) is 11.3 Å². The van der Waals surface area contributed by atoms with Crippen LogP contribution in [-0.2, 0) is 4.74 Å². The van der Waals surface area contributed by atoms with Crippen molar-refractivity contribution in [1.82, 2.24) is 4.98 Å². The van der Waals surface area contributed by atoms with Crippen LogP contribution in [0.4, 0.5) is 0 Å². The third-order valence-corrected chi connectivity index (χ3v) is 3.13. The van der Waals surface area contributed by atoms with Gasteiger partial charge < -0.3 is 9.15 Å². The number of aromatic nitrogens is 1. The summed E-state index contributed by atoms with van der Waals surface area (Å²) < 4.78 is 10.5. The summed E-state index contributed by atoms with van der Waals surface area (Å²) in [6.45, 7) is 2.04. The first-order valence-electron chi connectivity index (χ1n) is 5.63. The van der Waals surface area contributed by atoms with Crippen molar-refractivity contribution in [1.29, 1.82) is 0 Å². The lowest BCUT2D eigenvalue weighted by Gasteiger charge is -2.01. The lowest BCUT2D eigenvalue weighted by Crippen LogP contribution is -2.06. The molecule has 0 saturated heterocycles. The van der Waals surface area contributed by atoms with Crippen LogP contribution in [0.5, 0.6) is 0 Å². The standard InChI is InChI=1S/C13H12ClNO3S/c1-3-17-12(16)10-11(18-13(15-10)19-2)8-4-6-9(14)7-5-8/h4-7H,3H2,1-2H3. The Kier molecular flexibility index (Phi) is 4.50. The van der Waals surface area contributed by atoms with E-state index in [1.54, 1.807) is 31.2 Å². The molecule has 0 N–H and O–H groups in total. The summed E-state index contributed by atoms with van der Waals surface area (Å²) in [6, 6.07) is 7.01. The van der Waals surface area contributed by atoms with Gasteiger partial charge in [-0.25, -0.2) is 4.79 Å². The number of hydrogen-bond donors (Lipinski definition) is 0. The van der Waals surface area contributed by atoms with Crippen LogP contribution in [0.2, 0.25) is 5.02 Å². The molecule has 0 radical (unpaired) electrons. The van der Waals surface area contributed by atoms with Crippen LogP contribution >= 0.6 is 23.4 Å². The van der Waals surface area contributed by atoms with Gasteiger partial charge in [0.15, 0.2) is 11.5 Å². The normalized spacial score (nSPS) is 10.5. The van der Waals surface area contributed by atoms with E-state index in [0.717, 1.165) is 5.56 Å². The molecule has 1 aromatic carbocycles. The SMILES string of the molecule is CCOC(=O)c1nc(SC)oc1-c1ccc(Cl)cc1. The summed E-state index contributed by atoms with van der Waals surface area (Å²) in [4.78, 5) is 16.0. The maximum Gasteiger partial charge on any atom is 0.361 e. The monoisotopic (exact) mass is 297 g/mol. The van der Waals surface area contributed by atoms with Crippen molar-refractivity contribution in [2.45, 2.75) is 12.1 Å². The Bertz CT molecular complexity index is 580. The van der Waals surface area contributed by atoms with Gasteiger partial charge in [0.1, 0.15) is 0 Å². The lowest BCUT2D eigenvalue weighted by atomic mass is 10.1. The molecule has 0 aliphatic rings. The van der Waals surface area contributed by atoms with Crippen molar-refractivity contribution >= 4 is 29.3 Å². The van der Waals surface area contributed by atoms with E-state index in [1.807, 2.05) is 6.26 Å². The van der Waals surface area contributed by atoms with Gasteiger partial charge in [0.2, 0.25) is 0 Å². The minimum absolute atomic E-state index is 0.188. The Balaban J connectivity index is 2.46. The van der Waals surface area contributed by atoms with E-state index in [0.29, 0.717) is 22.6 Å². The van der Waals surface area contributed by atoms with Gasteiger partial charge in [-0.3, -0.25) is 0 Å². The molecule has 1 aromatic heterocycles. The highest BCUT2D eigenvalue weighted by Gasteiger charge is 2.22. The van der Waals surface area contributed by atoms with Crippen molar-refractivity contribution in [3.05, 3.63) is 35.0 Å². The first-order valence-corrected chi connectivity index (χ1v) is 7.23. The van der Waals surface area contributed by atoms with Gasteiger partial charge >= 0.3 is 5.97 Å². The Morgan fingerprint density at radius 1 is 1.42 bits per heavy atom. The number of carbonyl (C=O) groups excluding carboxylic acids is 1. The second kappa shape index (κ2) is 6.12. The van der Waals surface area contributed by atoms with Gasteiger partial charge in [-0.05, 0) is 37.4 Å². The van der Waals surface area contributed by atoms with E-state index in [-0.39, 0.29) is 5.69 Å². The molecule has 0 amide bonds. The summed E-state index contributed by atoms with van der Waals surface area (Å²) in [5.74, 6) is -0.0871. The second-order valence-electron chi connectivity index (χ2n) is 3.59. The fraction of sp³-hybridized carbons (Fsp3) is 0.231. The summed E-state index contributed by atoms with van der Waals surface area (Å²) in [5.41, 5.74) is 0.925. The van der Waals surface area contributed by atoms with Crippen LogP contribution in [0.15, 0.2) is 33.9 Å². The van der Waals surface area contributed by atoms with Crippen LogP contribution in [0.25, 0.3) is 11.3 Å². The smallest absolute Gasteiger partial charge is 0.361 e. The summed E-state index contributed by atoms with van der Waals surface area (Å²) >= 11 is 7.17. The Hall–Kier alpha value is -1.46. The summed E-state index contributed by atoms with van der Waals surface area (Å²) in [6.07, 6.45) is 1.83. The minimum Gasteiger partial charge on any atom is -0.461 e. The van der Waals surface area contributed by atoms with Crippen LogP contribution in [0.3, 0.4) is 0 Å². The zero-order valence-corrected chi connectivity index (χ0v) is 12.0. The van der Waals surface area contributed by atoms with Crippen molar-refractivity contribution in [2.75, 3.05) is 12.9 Å². The molecule has 1 heterocycles. The molecule has 19 heavy (non-hydrogen) atoms. The molecule has 2 rings (SSSR count). The molecular formula is C13H12ClNO3S. The number of oxazole rings is 1. The number of carbonyl (C=O) groups is 1. The number of halogens is 1. The van der Waals surface area contributed by atoms with Gasteiger partial charge in [0, 0.05) is 10.6 Å². The number of benzene rings is 1. The van der Waals surface area contributed by atoms with Crippen LogP contribution in [0, 0.1) is 0 Å². The number of nitrogens with zero attached hydrogens (tertiary/aromatic N) is 1. The number of thioether (sulfide) groups is 1. The van der Waals surface area contributed by atoms with Gasteiger partial charge in [0.25, 0.3) is 5.22 Å². The van der Waals surface area contributed by atoms with Crippen LogP contribution in [0.1, 0.15) is 17.4 Å². The van der Waals surface area contributed by atoms with Gasteiger partial charge in [-0.2, -0.15) is 4.98 Å². The summed E-state index contributed by atoms with van der Waals surface area (Å²) in [7, 11) is 0. The number of rotatable bonds is 4. The average Bonchev–Trinajstić information content (AvgIpc) is 2.84. The predicted molar refractivity (Wildman–Crippen MR) is 74.7 cm³/mol. The molecule has 100 valence electrons. The molecule has 2 aromatic rings. The largest absolute Gasteiger partial charge is 0.461 e. The molecule has 4 nitrogen and oxygen atoms in total. The minimum atomic E-state index is -0.489. The number of ether oxygens (including phenoxy) is 1. The van der Waals surface area contributed by atoms with Gasteiger partial charge in [0.05, 0.1) is 6.61 Å². The summed E-state index contributed by atoms with van der Waals surface area (Å²) in [5, 5.41) is 1.04. The highest BCUT2D eigenvalue weighted by Crippen LogP contribution is 2.29. The Morgan fingerprint density at radius 2 is 2.11 bits per heavy atom. The van der Waals surface area contributed by atoms with Crippen LogP contribution in [-0.4, -0.2) is 23.8 Å². The maximum atomic E-state index is 11.9. The highest BCUT2D eigenvalue weighted by molar-refractivity contribution is 7.98. The maximum absolute atomic E-state index is 11.9. The molecule has 0 atom stereocenters. The van der Waals surface area contributed by atoms with E-state index in [9.17, 15) is 4.79 Å². The van der Waals surface area contributed by atoms with Crippen molar-refractivity contribution in [2.24, 2.45) is 0 Å². The van der Waals surface area contributed by atoms with Gasteiger partial charge in [-0.1, -0.05) is 23.4 Å². The Labute approximate surface area is 120 Å². The Morgan fingerprint density at radius 3 is 2.68 bits per heavy atom. The fourth-order valence-corrected chi connectivity index (χ4v) is 2.00. The van der Waals surface area contributed by atoms with Crippen LogP contribution < -0.4 is 0 Å². The highest BCUT2D eigenvalue weighted by atomic mass is 35.5. The predicted octanol–water partition coefficient (Wildman–Crippen LogP) is 3.89. The molecule has 0 aliphatic heterocycles. The van der Waals surface area contributed by atoms with E-state index < -0.39 is 5.97 Å². The zero-order valence-electron chi connectivity index (χ0n) is 10.5. The number of hydrogen-bond acceptors (Lipinski definition) is 5. The van der Waals surface area contributed by atoms with Crippen molar-refractivity contribution in [3.63, 3.8) is 0 Å². The van der Waals surface area contributed by atoms with E-state index >= 15 is 0 Å². The van der Waals surface area contributed by atoms with E-state index in [4.69, 9.17) is 20.8 Å². The third-order valence-electron chi connectivity index (χ3n) is 2.36. The van der Waals surface area contributed by atoms with E-state index in [2.05, 4.69) is 4.98 Å². The molecule has 0 saturated carbocycles. The lowest BCUT2D eigenvalue weighted by molar-refractivity contribution is 0.0520. The fourth-order valence-electron chi connectivity index (χ4n) is 1.52. The molecule has 0 spiro atoms. The number of esters is 1. The molecule has 0 bridgehead atoms. The second-order valence-corrected chi connectivity index (χ2v) is 4.78. The molecule has 0 fully saturated rings. The quantitative estimate of drug-likeness (QED) is 0.633. The zero-order chi connectivity index (χ0) is 13.8. The third kappa shape index (κ3) is 3.11. The van der Waals surface area contributed by atoms with Gasteiger partial charge in [-0.15, -0.1) is 0 Å². The molecular weight excluding hydrogens is 286 g/mol.